The molecule has 1 aliphatic carbocycles. The van der Waals surface area contributed by atoms with Gasteiger partial charge in [-0.3, -0.25) is 4.79 Å². The molecule has 0 aromatic heterocycles. The van der Waals surface area contributed by atoms with Gasteiger partial charge in [-0.15, -0.1) is 0 Å². The van der Waals surface area contributed by atoms with Crippen molar-refractivity contribution in [3.8, 4) is 0 Å². The summed E-state index contributed by atoms with van der Waals surface area (Å²) in [5, 5.41) is 9.88. The number of aliphatic hydroxyl groups excluding tert-OH is 1. The number of amides is 1. The summed E-state index contributed by atoms with van der Waals surface area (Å²) in [6, 6.07) is 0. The summed E-state index contributed by atoms with van der Waals surface area (Å²) in [6.45, 7) is 2.28. The number of ether oxygens (including phenoxy) is 1. The SMILES string of the molecule is O=C(C1CCCCCC1)N1CCC2(CC1)CC(O)CCO2. The van der Waals surface area contributed by atoms with Crippen molar-refractivity contribution >= 4 is 5.91 Å². The Bertz CT molecular complexity index is 355. The van der Waals surface area contributed by atoms with Gasteiger partial charge in [0.15, 0.2) is 0 Å². The van der Waals surface area contributed by atoms with Crippen LogP contribution in [0.15, 0.2) is 0 Å². The average molecular weight is 295 g/mol. The number of piperidine rings is 1. The summed E-state index contributed by atoms with van der Waals surface area (Å²) in [7, 11) is 0. The number of carbonyl (C=O) groups excluding carboxylic acids is 1. The molecule has 0 aromatic rings. The molecule has 2 heterocycles. The minimum Gasteiger partial charge on any atom is -0.393 e. The van der Waals surface area contributed by atoms with Gasteiger partial charge in [-0.05, 0) is 32.1 Å². The molecule has 21 heavy (non-hydrogen) atoms. The monoisotopic (exact) mass is 295 g/mol. The molecule has 2 saturated heterocycles. The molecule has 4 nitrogen and oxygen atoms in total. The molecule has 1 spiro atoms. The lowest BCUT2D eigenvalue weighted by atomic mass is 9.83. The van der Waals surface area contributed by atoms with Crippen molar-refractivity contribution in [3.05, 3.63) is 0 Å². The zero-order valence-electron chi connectivity index (χ0n) is 13.1. The smallest absolute Gasteiger partial charge is 0.225 e. The van der Waals surface area contributed by atoms with E-state index >= 15 is 0 Å². The van der Waals surface area contributed by atoms with Crippen LogP contribution in [0.2, 0.25) is 0 Å². The third-order valence-corrected chi connectivity index (χ3v) is 5.66. The number of carbonyl (C=O) groups is 1. The molecule has 0 bridgehead atoms. The Kier molecular flexibility index (Phi) is 4.85. The highest BCUT2D eigenvalue weighted by Gasteiger charge is 2.41. The van der Waals surface area contributed by atoms with Gasteiger partial charge < -0.3 is 14.7 Å². The predicted octanol–water partition coefficient (Wildman–Crippen LogP) is 2.49. The number of hydrogen-bond donors (Lipinski definition) is 1. The van der Waals surface area contributed by atoms with Crippen LogP contribution in [0.25, 0.3) is 0 Å². The van der Waals surface area contributed by atoms with E-state index in [1.54, 1.807) is 0 Å². The van der Waals surface area contributed by atoms with Crippen LogP contribution in [0.5, 0.6) is 0 Å². The molecular weight excluding hydrogens is 266 g/mol. The maximum Gasteiger partial charge on any atom is 0.225 e. The van der Waals surface area contributed by atoms with Gasteiger partial charge in [-0.25, -0.2) is 0 Å². The normalized spacial score (nSPS) is 31.1. The van der Waals surface area contributed by atoms with Crippen molar-refractivity contribution in [1.29, 1.82) is 0 Å². The Labute approximate surface area is 127 Å². The number of aliphatic hydroxyl groups is 1. The van der Waals surface area contributed by atoms with Crippen LogP contribution in [-0.4, -0.2) is 47.3 Å². The maximum absolute atomic E-state index is 12.7. The number of hydrogen-bond acceptors (Lipinski definition) is 3. The highest BCUT2D eigenvalue weighted by Crippen LogP contribution is 2.36. The van der Waals surface area contributed by atoms with Crippen molar-refractivity contribution in [2.24, 2.45) is 5.92 Å². The summed E-state index contributed by atoms with van der Waals surface area (Å²) in [5.41, 5.74) is -0.155. The minimum atomic E-state index is -0.220. The van der Waals surface area contributed by atoms with Crippen molar-refractivity contribution < 1.29 is 14.6 Å². The first-order valence-corrected chi connectivity index (χ1v) is 8.79. The molecule has 3 rings (SSSR count). The first-order valence-electron chi connectivity index (χ1n) is 8.79. The molecule has 1 saturated carbocycles. The fourth-order valence-electron chi connectivity index (χ4n) is 4.27. The number of likely N-dealkylation sites (tertiary alicyclic amines) is 1. The lowest BCUT2D eigenvalue weighted by molar-refractivity contribution is -0.156. The van der Waals surface area contributed by atoms with Gasteiger partial charge in [-0.1, -0.05) is 25.7 Å². The predicted molar refractivity (Wildman–Crippen MR) is 80.9 cm³/mol. The van der Waals surface area contributed by atoms with E-state index in [0.29, 0.717) is 12.5 Å². The highest BCUT2D eigenvalue weighted by molar-refractivity contribution is 5.79. The third-order valence-electron chi connectivity index (χ3n) is 5.66. The second kappa shape index (κ2) is 6.66. The van der Waals surface area contributed by atoms with Crippen LogP contribution in [0.4, 0.5) is 0 Å². The molecule has 0 aromatic carbocycles. The van der Waals surface area contributed by atoms with E-state index in [0.717, 1.165) is 51.6 Å². The first kappa shape index (κ1) is 15.3. The van der Waals surface area contributed by atoms with E-state index in [1.165, 1.54) is 25.7 Å². The van der Waals surface area contributed by atoms with Gasteiger partial charge in [0, 0.05) is 32.0 Å². The van der Waals surface area contributed by atoms with Crippen LogP contribution in [-0.2, 0) is 9.53 Å². The van der Waals surface area contributed by atoms with Crippen LogP contribution < -0.4 is 0 Å². The Morgan fingerprint density at radius 2 is 1.71 bits per heavy atom. The molecule has 1 N–H and O–H groups in total. The molecule has 1 amide bonds. The van der Waals surface area contributed by atoms with E-state index < -0.39 is 0 Å². The molecule has 2 aliphatic heterocycles. The summed E-state index contributed by atoms with van der Waals surface area (Å²) in [4.78, 5) is 14.7. The highest BCUT2D eigenvalue weighted by atomic mass is 16.5. The summed E-state index contributed by atoms with van der Waals surface area (Å²) < 4.78 is 5.97. The van der Waals surface area contributed by atoms with Crippen molar-refractivity contribution in [3.63, 3.8) is 0 Å². The molecule has 3 fully saturated rings. The van der Waals surface area contributed by atoms with Gasteiger partial charge in [0.2, 0.25) is 5.91 Å². The minimum absolute atomic E-state index is 0.155. The zero-order valence-corrected chi connectivity index (χ0v) is 13.1. The molecule has 120 valence electrons. The molecule has 4 heteroatoms. The molecule has 0 radical (unpaired) electrons. The fourth-order valence-corrected chi connectivity index (χ4v) is 4.27. The lowest BCUT2D eigenvalue weighted by Crippen LogP contribution is -2.52. The van der Waals surface area contributed by atoms with E-state index in [9.17, 15) is 9.90 Å². The third kappa shape index (κ3) is 3.59. The van der Waals surface area contributed by atoms with Gasteiger partial charge in [0.05, 0.1) is 11.7 Å². The first-order chi connectivity index (χ1) is 10.2. The van der Waals surface area contributed by atoms with E-state index in [2.05, 4.69) is 4.90 Å². The summed E-state index contributed by atoms with van der Waals surface area (Å²) >= 11 is 0. The van der Waals surface area contributed by atoms with E-state index in [4.69, 9.17) is 4.74 Å². The standard InChI is InChI=1S/C17H29NO3/c19-15-7-12-21-17(13-15)8-10-18(11-9-17)16(20)14-5-3-1-2-4-6-14/h14-15,19H,1-13H2. The quantitative estimate of drug-likeness (QED) is 0.756. The van der Waals surface area contributed by atoms with Gasteiger partial charge in [0.25, 0.3) is 0 Å². The maximum atomic E-state index is 12.7. The fraction of sp³-hybridized carbons (Fsp3) is 0.941. The number of rotatable bonds is 1. The summed E-state index contributed by atoms with van der Waals surface area (Å²) in [5.74, 6) is 0.641. The van der Waals surface area contributed by atoms with Crippen LogP contribution in [0.3, 0.4) is 0 Å². The van der Waals surface area contributed by atoms with Crippen molar-refractivity contribution in [2.45, 2.75) is 75.9 Å². The Balaban J connectivity index is 1.53. The van der Waals surface area contributed by atoms with Crippen LogP contribution >= 0.6 is 0 Å². The van der Waals surface area contributed by atoms with E-state index in [1.807, 2.05) is 0 Å². The van der Waals surface area contributed by atoms with Gasteiger partial charge in [0.1, 0.15) is 0 Å². The van der Waals surface area contributed by atoms with Gasteiger partial charge >= 0.3 is 0 Å². The Hall–Kier alpha value is -0.610. The number of nitrogens with zero attached hydrogens (tertiary/aromatic N) is 1. The van der Waals surface area contributed by atoms with E-state index in [-0.39, 0.29) is 17.6 Å². The van der Waals surface area contributed by atoms with Crippen molar-refractivity contribution in [2.75, 3.05) is 19.7 Å². The van der Waals surface area contributed by atoms with Crippen molar-refractivity contribution in [1.82, 2.24) is 4.90 Å². The topological polar surface area (TPSA) is 49.8 Å². The Morgan fingerprint density at radius 1 is 1.05 bits per heavy atom. The van der Waals surface area contributed by atoms with Crippen LogP contribution in [0.1, 0.15) is 64.2 Å². The summed E-state index contributed by atoms with van der Waals surface area (Å²) in [6.07, 6.45) is 10.2. The Morgan fingerprint density at radius 3 is 2.33 bits per heavy atom. The second-order valence-corrected chi connectivity index (χ2v) is 7.19. The second-order valence-electron chi connectivity index (χ2n) is 7.19. The molecule has 1 unspecified atom stereocenters. The molecule has 1 atom stereocenters. The van der Waals surface area contributed by atoms with Crippen LogP contribution in [0, 0.1) is 5.92 Å². The molecular formula is C17H29NO3. The van der Waals surface area contributed by atoms with Gasteiger partial charge in [-0.2, -0.15) is 0 Å². The lowest BCUT2D eigenvalue weighted by Gasteiger charge is -2.45. The largest absolute Gasteiger partial charge is 0.393 e. The molecule has 3 aliphatic rings. The average Bonchev–Trinajstić information content (AvgIpc) is 2.76. The zero-order chi connectivity index (χ0) is 14.7.